The normalized spacial score (nSPS) is 24.8. The maximum Gasteiger partial charge on any atom is 0.363 e. The molecule has 0 N–H and O–H groups in total. The van der Waals surface area contributed by atoms with Gasteiger partial charge in [-0.15, -0.1) is 5.01 Å². The maximum atomic E-state index is 13.2. The van der Waals surface area contributed by atoms with Gasteiger partial charge < -0.3 is 0 Å². The molecule has 0 amide bonds. The first-order chi connectivity index (χ1) is 12.2. The molecular weight excluding hydrogens is 316 g/mol. The quantitative estimate of drug-likeness (QED) is 0.793. The number of benzene rings is 1. The van der Waals surface area contributed by atoms with Gasteiger partial charge in [-0.1, -0.05) is 48.6 Å². The van der Waals surface area contributed by atoms with Gasteiger partial charge in [0, 0.05) is 6.20 Å². The summed E-state index contributed by atoms with van der Waals surface area (Å²) in [5.41, 5.74) is 1.45. The summed E-state index contributed by atoms with van der Waals surface area (Å²) in [5, 5.41) is 3.69. The number of fused-ring (bicyclic) bond motifs is 2. The van der Waals surface area contributed by atoms with Crippen molar-refractivity contribution in [1.82, 2.24) is 10.0 Å². The highest BCUT2D eigenvalue weighted by Crippen LogP contribution is 2.40. The van der Waals surface area contributed by atoms with E-state index in [1.54, 1.807) is 11.3 Å². The number of nitrogens with zero attached hydrogens (tertiary/aromatic N) is 4. The maximum absolute atomic E-state index is 13.2. The molecule has 4 rings (SSSR count). The highest BCUT2D eigenvalue weighted by atomic mass is 16.3. The van der Waals surface area contributed by atoms with Crippen molar-refractivity contribution >= 4 is 12.1 Å². The van der Waals surface area contributed by atoms with Crippen molar-refractivity contribution in [3.63, 3.8) is 0 Å². The molecule has 25 heavy (non-hydrogen) atoms. The van der Waals surface area contributed by atoms with Crippen LogP contribution in [0.25, 0.3) is 0 Å². The number of allylic oxidation sites excluding steroid dienone is 1. The number of aliphatic imine (C=N–C) groups is 1. The van der Waals surface area contributed by atoms with Gasteiger partial charge in [-0.25, -0.2) is 4.99 Å². The van der Waals surface area contributed by atoms with Gasteiger partial charge in [-0.2, -0.15) is 5.01 Å². The Balaban J connectivity index is 1.83. The zero-order valence-corrected chi connectivity index (χ0v) is 14.2. The summed E-state index contributed by atoms with van der Waals surface area (Å²) in [4.78, 5) is 30.7. The Labute approximate surface area is 146 Å². The largest absolute Gasteiger partial charge is 0.363 e. The van der Waals surface area contributed by atoms with E-state index in [-0.39, 0.29) is 5.78 Å². The van der Waals surface area contributed by atoms with Crippen LogP contribution < -0.4 is 0 Å². The minimum absolute atomic E-state index is 0.0499. The number of nitroso groups, excluding NO2 is 1. The van der Waals surface area contributed by atoms with Gasteiger partial charge in [-0.05, 0) is 29.2 Å². The van der Waals surface area contributed by atoms with Crippen LogP contribution in [0.5, 0.6) is 0 Å². The van der Waals surface area contributed by atoms with Crippen LogP contribution in [-0.2, 0) is 4.79 Å². The van der Waals surface area contributed by atoms with E-state index in [9.17, 15) is 9.70 Å². The second-order valence-electron chi connectivity index (χ2n) is 6.53. The SMILES string of the molecule is CCCCC1C(=O)C(c2ccccc2)C2=C(N3CC=CN3C=N2)[N+]1=O. The van der Waals surface area contributed by atoms with Gasteiger partial charge in [0.25, 0.3) is 0 Å². The van der Waals surface area contributed by atoms with Crippen molar-refractivity contribution in [3.05, 3.63) is 64.6 Å². The lowest BCUT2D eigenvalue weighted by Crippen LogP contribution is -2.50. The first-order valence-electron chi connectivity index (χ1n) is 8.78. The lowest BCUT2D eigenvalue weighted by Gasteiger charge is -2.33. The molecule has 3 aliphatic rings. The van der Waals surface area contributed by atoms with E-state index < -0.39 is 12.0 Å². The molecule has 0 saturated heterocycles. The van der Waals surface area contributed by atoms with Crippen LogP contribution in [0.3, 0.4) is 0 Å². The average molecular weight is 337 g/mol. The summed E-state index contributed by atoms with van der Waals surface area (Å²) >= 11 is 0. The van der Waals surface area contributed by atoms with Gasteiger partial charge in [0.2, 0.25) is 6.04 Å². The summed E-state index contributed by atoms with van der Waals surface area (Å²) < 4.78 is 0.892. The molecule has 0 aliphatic carbocycles. The first kappa shape index (κ1) is 15.7. The minimum Gasteiger partial charge on any atom is -0.294 e. The van der Waals surface area contributed by atoms with E-state index >= 15 is 0 Å². The number of Topliss-reactive ketones (excluding diaryl/α,β-unsaturated/α-hetero) is 1. The van der Waals surface area contributed by atoms with E-state index in [1.165, 1.54) is 0 Å². The van der Waals surface area contributed by atoms with E-state index in [0.717, 1.165) is 23.2 Å². The Morgan fingerprint density at radius 2 is 2.08 bits per heavy atom. The van der Waals surface area contributed by atoms with Gasteiger partial charge in [0.1, 0.15) is 12.9 Å². The molecule has 6 nitrogen and oxygen atoms in total. The van der Waals surface area contributed by atoms with Gasteiger partial charge in [-0.3, -0.25) is 4.79 Å². The molecule has 0 fully saturated rings. The van der Waals surface area contributed by atoms with Crippen LogP contribution in [-0.4, -0.2) is 39.5 Å². The third kappa shape index (κ3) is 2.49. The predicted octanol–water partition coefficient (Wildman–Crippen LogP) is 2.95. The fraction of sp³-hybridized carbons (Fsp3) is 0.368. The van der Waals surface area contributed by atoms with Crippen LogP contribution in [0.1, 0.15) is 37.7 Å². The zero-order valence-electron chi connectivity index (χ0n) is 14.2. The van der Waals surface area contributed by atoms with E-state index in [0.29, 0.717) is 24.5 Å². The Bertz CT molecular complexity index is 797. The monoisotopic (exact) mass is 337 g/mol. The smallest absolute Gasteiger partial charge is 0.294 e. The fourth-order valence-corrected chi connectivity index (χ4v) is 3.68. The van der Waals surface area contributed by atoms with Crippen LogP contribution >= 0.6 is 0 Å². The first-order valence-corrected chi connectivity index (χ1v) is 8.78. The summed E-state index contributed by atoms with van der Waals surface area (Å²) in [5.74, 6) is -0.0320. The molecule has 1 aromatic rings. The topological polar surface area (TPSA) is 56.0 Å². The van der Waals surface area contributed by atoms with Crippen molar-refractivity contribution < 1.29 is 9.55 Å². The number of hydrogen-bond acceptors (Lipinski definition) is 5. The Morgan fingerprint density at radius 1 is 1.28 bits per heavy atom. The summed E-state index contributed by atoms with van der Waals surface area (Å²) in [6, 6.07) is 8.99. The molecular formula is C19H21N4O2+. The molecule has 128 valence electrons. The minimum atomic E-state index is -0.653. The molecule has 1 aromatic carbocycles. The number of ketones is 1. The Hall–Kier alpha value is -2.76. The van der Waals surface area contributed by atoms with Crippen molar-refractivity contribution in [3.8, 4) is 0 Å². The lowest BCUT2D eigenvalue weighted by atomic mass is 9.83. The summed E-state index contributed by atoms with van der Waals surface area (Å²) in [7, 11) is 0. The Kier molecular flexibility index (Phi) is 3.95. The van der Waals surface area contributed by atoms with Crippen LogP contribution in [0.15, 0.2) is 59.1 Å². The average Bonchev–Trinajstić information content (AvgIpc) is 3.11. The lowest BCUT2D eigenvalue weighted by molar-refractivity contribution is -0.550. The number of carbonyl (C=O) groups is 1. The molecule has 6 heteroatoms. The standard InChI is InChI=1S/C19H21N4O2/c1-2-3-10-15-18(24)16(14-8-5-4-6-9-14)17-19(23(15)25)22-12-7-11-21(22)13-20-17/h4-9,11,13,15-16H,2-3,10,12H2,1H3/q+1. The number of hydrazine groups is 1. The van der Waals surface area contributed by atoms with Gasteiger partial charge in [0.05, 0.1) is 5.92 Å². The predicted molar refractivity (Wildman–Crippen MR) is 94.3 cm³/mol. The van der Waals surface area contributed by atoms with E-state index in [1.807, 2.05) is 47.6 Å². The molecule has 3 heterocycles. The molecule has 0 bridgehead atoms. The third-order valence-corrected chi connectivity index (χ3v) is 4.95. The van der Waals surface area contributed by atoms with E-state index in [2.05, 4.69) is 11.9 Å². The van der Waals surface area contributed by atoms with Crippen molar-refractivity contribution in [2.24, 2.45) is 4.99 Å². The highest BCUT2D eigenvalue weighted by Gasteiger charge is 2.52. The molecule has 3 aliphatic heterocycles. The van der Waals surface area contributed by atoms with Crippen molar-refractivity contribution in [2.75, 3.05) is 6.54 Å². The van der Waals surface area contributed by atoms with Crippen molar-refractivity contribution in [2.45, 2.75) is 38.1 Å². The highest BCUT2D eigenvalue weighted by molar-refractivity contribution is 5.93. The second kappa shape index (κ2) is 6.27. The third-order valence-electron chi connectivity index (χ3n) is 4.95. The molecule has 0 spiro atoms. The number of unbranched alkanes of at least 4 members (excludes halogenated alkanes) is 1. The molecule has 0 aromatic heterocycles. The van der Waals surface area contributed by atoms with Crippen LogP contribution in [0.4, 0.5) is 0 Å². The van der Waals surface area contributed by atoms with Gasteiger partial charge >= 0.3 is 5.82 Å². The molecule has 2 unspecified atom stereocenters. The van der Waals surface area contributed by atoms with Crippen LogP contribution in [0, 0.1) is 4.91 Å². The number of hydrogen-bond donors (Lipinski definition) is 0. The fourth-order valence-electron chi connectivity index (χ4n) is 3.68. The zero-order chi connectivity index (χ0) is 17.4. The molecule has 0 saturated carbocycles. The molecule has 2 atom stereocenters. The van der Waals surface area contributed by atoms with E-state index in [4.69, 9.17) is 0 Å². The second-order valence-corrected chi connectivity index (χ2v) is 6.53. The summed E-state index contributed by atoms with van der Waals surface area (Å²) in [6.45, 7) is 2.68. The number of rotatable bonds is 4. The van der Waals surface area contributed by atoms with Crippen LogP contribution in [0.2, 0.25) is 0 Å². The summed E-state index contributed by atoms with van der Waals surface area (Å²) in [6.07, 6.45) is 7.91. The Morgan fingerprint density at radius 3 is 2.84 bits per heavy atom. The van der Waals surface area contributed by atoms with Gasteiger partial charge in [0.15, 0.2) is 11.5 Å². The molecule has 0 radical (unpaired) electrons. The van der Waals surface area contributed by atoms with Crippen molar-refractivity contribution in [1.29, 1.82) is 0 Å². The number of carbonyl (C=O) groups excluding carboxylic acids is 1.